The van der Waals surface area contributed by atoms with Crippen molar-refractivity contribution in [2.75, 3.05) is 18.4 Å². The Hall–Kier alpha value is -1.93. The predicted molar refractivity (Wildman–Crippen MR) is 105 cm³/mol. The number of piperidine rings is 1. The number of amides is 1. The molecule has 1 aromatic rings. The Morgan fingerprint density at radius 1 is 1.00 bits per heavy atom. The molecule has 0 radical (unpaired) electrons. The summed E-state index contributed by atoms with van der Waals surface area (Å²) in [5.74, 6) is -1.91. The van der Waals surface area contributed by atoms with E-state index in [2.05, 4.69) is 12.2 Å². The minimum Gasteiger partial charge on any atom is -0.481 e. The Labute approximate surface area is 166 Å². The topological polar surface area (TPSA) is 104 Å². The molecule has 7 nitrogen and oxygen atoms in total. The first-order valence-electron chi connectivity index (χ1n) is 9.93. The van der Waals surface area contributed by atoms with Gasteiger partial charge in [0.25, 0.3) is 0 Å². The maximum atomic E-state index is 12.8. The molecule has 2 aliphatic rings. The van der Waals surface area contributed by atoms with Crippen LogP contribution >= 0.6 is 0 Å². The summed E-state index contributed by atoms with van der Waals surface area (Å²) in [5, 5.41) is 12.1. The first-order chi connectivity index (χ1) is 13.3. The molecule has 2 N–H and O–H groups in total. The number of anilines is 1. The van der Waals surface area contributed by atoms with Gasteiger partial charge < -0.3 is 10.4 Å². The summed E-state index contributed by atoms with van der Waals surface area (Å²) >= 11 is 0. The number of sulfonamides is 1. The fourth-order valence-corrected chi connectivity index (χ4v) is 5.53. The highest BCUT2D eigenvalue weighted by molar-refractivity contribution is 7.89. The van der Waals surface area contributed by atoms with Crippen molar-refractivity contribution in [3.63, 3.8) is 0 Å². The van der Waals surface area contributed by atoms with E-state index in [9.17, 15) is 23.1 Å². The standard InChI is InChI=1S/C20H28N2O5S/c1-14-10-12-22(13-11-14)28(26,27)16-8-6-15(7-9-16)21-19(23)17-4-2-3-5-18(17)20(24)25/h6-9,14,17-18H,2-5,10-13H2,1H3,(H,21,23)(H,24,25)/t17-,18-/m0/s1. The monoisotopic (exact) mass is 408 g/mol. The number of carboxylic acid groups (broad SMARTS) is 1. The molecule has 1 amide bonds. The van der Waals surface area contributed by atoms with Gasteiger partial charge >= 0.3 is 5.97 Å². The lowest BCUT2D eigenvalue weighted by Crippen LogP contribution is -2.37. The normalized spacial score (nSPS) is 24.6. The number of hydrogen-bond acceptors (Lipinski definition) is 4. The Bertz CT molecular complexity index is 814. The van der Waals surface area contributed by atoms with Gasteiger partial charge in [-0.3, -0.25) is 9.59 Å². The maximum Gasteiger partial charge on any atom is 0.307 e. The fraction of sp³-hybridized carbons (Fsp3) is 0.600. The SMILES string of the molecule is CC1CCN(S(=O)(=O)c2ccc(NC(=O)[C@H]3CCCC[C@@H]3C(=O)O)cc2)CC1. The lowest BCUT2D eigenvalue weighted by atomic mass is 9.78. The van der Waals surface area contributed by atoms with E-state index in [1.54, 1.807) is 12.1 Å². The van der Waals surface area contributed by atoms with Crippen molar-refractivity contribution in [3.8, 4) is 0 Å². The summed E-state index contributed by atoms with van der Waals surface area (Å²) in [7, 11) is -3.53. The highest BCUT2D eigenvalue weighted by Gasteiger charge is 2.35. The van der Waals surface area contributed by atoms with Crippen LogP contribution in [0.4, 0.5) is 5.69 Å². The van der Waals surface area contributed by atoms with Crippen molar-refractivity contribution in [1.82, 2.24) is 4.31 Å². The molecule has 154 valence electrons. The molecule has 1 saturated carbocycles. The molecule has 1 aromatic carbocycles. The Kier molecular flexibility index (Phi) is 6.40. The van der Waals surface area contributed by atoms with Crippen LogP contribution in [0.25, 0.3) is 0 Å². The number of nitrogens with one attached hydrogen (secondary N) is 1. The van der Waals surface area contributed by atoms with Gasteiger partial charge in [-0.15, -0.1) is 0 Å². The van der Waals surface area contributed by atoms with Gasteiger partial charge in [0.15, 0.2) is 0 Å². The summed E-state index contributed by atoms with van der Waals surface area (Å²) in [6, 6.07) is 6.13. The van der Waals surface area contributed by atoms with Crippen LogP contribution < -0.4 is 5.32 Å². The van der Waals surface area contributed by atoms with Crippen LogP contribution in [0, 0.1) is 17.8 Å². The van der Waals surface area contributed by atoms with Crippen LogP contribution in [-0.2, 0) is 19.6 Å². The van der Waals surface area contributed by atoms with E-state index >= 15 is 0 Å². The number of aliphatic carboxylic acids is 1. The van der Waals surface area contributed by atoms with Gasteiger partial charge in [-0.2, -0.15) is 4.31 Å². The van der Waals surface area contributed by atoms with Gasteiger partial charge in [0, 0.05) is 18.8 Å². The largest absolute Gasteiger partial charge is 0.481 e. The van der Waals surface area contributed by atoms with Gasteiger partial charge in [0.2, 0.25) is 15.9 Å². The third-order valence-corrected chi connectivity index (χ3v) is 7.84. The van der Waals surface area contributed by atoms with Gasteiger partial charge in [-0.1, -0.05) is 19.8 Å². The molecule has 0 spiro atoms. The molecular weight excluding hydrogens is 380 g/mol. The molecule has 1 aliphatic carbocycles. The average Bonchev–Trinajstić information content (AvgIpc) is 2.68. The molecule has 0 unspecified atom stereocenters. The molecule has 1 aliphatic heterocycles. The van der Waals surface area contributed by atoms with Gasteiger partial charge in [-0.25, -0.2) is 8.42 Å². The third kappa shape index (κ3) is 4.55. The Morgan fingerprint density at radius 2 is 1.57 bits per heavy atom. The number of rotatable bonds is 5. The average molecular weight is 409 g/mol. The molecule has 0 bridgehead atoms. The Balaban J connectivity index is 1.67. The van der Waals surface area contributed by atoms with Gasteiger partial charge in [0.05, 0.1) is 16.7 Å². The first kappa shape index (κ1) is 20.8. The van der Waals surface area contributed by atoms with Crippen LogP contribution in [0.3, 0.4) is 0 Å². The van der Waals surface area contributed by atoms with Crippen LogP contribution in [0.2, 0.25) is 0 Å². The first-order valence-corrected chi connectivity index (χ1v) is 11.4. The second kappa shape index (κ2) is 8.61. The fourth-order valence-electron chi connectivity index (χ4n) is 4.06. The van der Waals surface area contributed by atoms with E-state index in [1.807, 2.05) is 0 Å². The minimum absolute atomic E-state index is 0.209. The smallest absolute Gasteiger partial charge is 0.307 e. The molecule has 28 heavy (non-hydrogen) atoms. The number of carbonyl (C=O) groups excluding carboxylic acids is 1. The number of carbonyl (C=O) groups is 2. The van der Waals surface area contributed by atoms with Crippen LogP contribution in [0.1, 0.15) is 45.4 Å². The summed E-state index contributed by atoms with van der Waals surface area (Å²) in [6.07, 6.45) is 4.46. The Morgan fingerprint density at radius 3 is 2.14 bits per heavy atom. The molecule has 2 atom stereocenters. The van der Waals surface area contributed by atoms with E-state index in [0.717, 1.165) is 25.7 Å². The van der Waals surface area contributed by atoms with Crippen LogP contribution in [-0.4, -0.2) is 42.8 Å². The van der Waals surface area contributed by atoms with Crippen LogP contribution in [0.15, 0.2) is 29.2 Å². The van der Waals surface area contributed by atoms with Crippen molar-refractivity contribution < 1.29 is 23.1 Å². The lowest BCUT2D eigenvalue weighted by molar-refractivity contribution is -0.147. The van der Waals surface area contributed by atoms with E-state index < -0.39 is 27.8 Å². The van der Waals surface area contributed by atoms with Crippen molar-refractivity contribution in [3.05, 3.63) is 24.3 Å². The summed E-state index contributed by atoms with van der Waals surface area (Å²) in [4.78, 5) is 24.1. The number of hydrogen-bond donors (Lipinski definition) is 2. The minimum atomic E-state index is -3.53. The van der Waals surface area contributed by atoms with Gasteiger partial charge in [0.1, 0.15) is 0 Å². The molecule has 3 rings (SSSR count). The molecular formula is C20H28N2O5S. The van der Waals surface area contributed by atoms with Crippen molar-refractivity contribution >= 4 is 27.6 Å². The second-order valence-corrected chi connectivity index (χ2v) is 9.87. The van der Waals surface area contributed by atoms with Crippen molar-refractivity contribution in [2.45, 2.75) is 50.3 Å². The quantitative estimate of drug-likeness (QED) is 0.780. The lowest BCUT2D eigenvalue weighted by Gasteiger charge is -2.29. The molecule has 1 saturated heterocycles. The molecule has 0 aromatic heterocycles. The van der Waals surface area contributed by atoms with Crippen molar-refractivity contribution in [2.24, 2.45) is 17.8 Å². The summed E-state index contributed by atoms with van der Waals surface area (Å²) in [6.45, 7) is 3.18. The zero-order valence-corrected chi connectivity index (χ0v) is 17.0. The highest BCUT2D eigenvalue weighted by atomic mass is 32.2. The van der Waals surface area contributed by atoms with Crippen LogP contribution in [0.5, 0.6) is 0 Å². The highest BCUT2D eigenvalue weighted by Crippen LogP contribution is 2.31. The number of benzene rings is 1. The third-order valence-electron chi connectivity index (χ3n) is 5.92. The van der Waals surface area contributed by atoms with Gasteiger partial charge in [-0.05, 0) is 55.9 Å². The molecule has 8 heteroatoms. The second-order valence-electron chi connectivity index (χ2n) is 7.94. The molecule has 1 heterocycles. The number of nitrogens with zero attached hydrogens (tertiary/aromatic N) is 1. The summed E-state index contributed by atoms with van der Waals surface area (Å²) < 4.78 is 27.0. The van der Waals surface area contributed by atoms with E-state index in [1.165, 1.54) is 16.4 Å². The zero-order valence-electron chi connectivity index (χ0n) is 16.1. The van der Waals surface area contributed by atoms with E-state index in [0.29, 0.717) is 37.5 Å². The molecule has 2 fully saturated rings. The maximum absolute atomic E-state index is 12.8. The summed E-state index contributed by atoms with van der Waals surface area (Å²) in [5.41, 5.74) is 0.478. The predicted octanol–water partition coefficient (Wildman–Crippen LogP) is 2.94. The van der Waals surface area contributed by atoms with E-state index in [4.69, 9.17) is 0 Å². The van der Waals surface area contributed by atoms with E-state index in [-0.39, 0.29) is 10.8 Å². The zero-order chi connectivity index (χ0) is 20.3. The number of carboxylic acids is 1. The van der Waals surface area contributed by atoms with Crippen molar-refractivity contribution in [1.29, 1.82) is 0 Å².